The van der Waals surface area contributed by atoms with E-state index in [4.69, 9.17) is 13.9 Å². The summed E-state index contributed by atoms with van der Waals surface area (Å²) in [5, 5.41) is 0.835. The Balaban J connectivity index is 1.59. The predicted molar refractivity (Wildman–Crippen MR) is 113 cm³/mol. The topological polar surface area (TPSA) is 48.7 Å². The number of hydrogen-bond donors (Lipinski definition) is 0. The molecule has 0 amide bonds. The van der Waals surface area contributed by atoms with Gasteiger partial charge in [-0.3, -0.25) is 0 Å². The van der Waals surface area contributed by atoms with Gasteiger partial charge in [-0.1, -0.05) is 40.2 Å². The maximum Gasteiger partial charge on any atom is 0.344 e. The Labute approximate surface area is 170 Å². The van der Waals surface area contributed by atoms with E-state index in [9.17, 15) is 4.79 Å². The lowest BCUT2D eigenvalue weighted by Gasteiger charge is -2.08. The van der Waals surface area contributed by atoms with E-state index in [-0.39, 0.29) is 5.63 Å². The van der Waals surface area contributed by atoms with Crippen LogP contribution in [-0.4, -0.2) is 7.11 Å². The molecule has 0 atom stereocenters. The minimum atomic E-state index is -0.386. The largest absolute Gasteiger partial charge is 0.497 e. The Hall–Kier alpha value is -3.05. The summed E-state index contributed by atoms with van der Waals surface area (Å²) >= 11 is 3.42. The van der Waals surface area contributed by atoms with Gasteiger partial charge in [-0.2, -0.15) is 0 Å². The molecule has 4 rings (SSSR count). The summed E-state index contributed by atoms with van der Waals surface area (Å²) in [6.07, 6.45) is 0. The molecule has 140 valence electrons. The smallest absolute Gasteiger partial charge is 0.344 e. The third kappa shape index (κ3) is 3.94. The fraction of sp³-hybridized carbons (Fsp3) is 0.0870. The second-order valence-corrected chi connectivity index (χ2v) is 7.21. The van der Waals surface area contributed by atoms with Gasteiger partial charge in [0.1, 0.15) is 23.7 Å². The van der Waals surface area contributed by atoms with Crippen molar-refractivity contribution in [3.8, 4) is 22.6 Å². The van der Waals surface area contributed by atoms with Crippen molar-refractivity contribution in [2.24, 2.45) is 0 Å². The summed E-state index contributed by atoms with van der Waals surface area (Å²) in [5.41, 5.74) is 2.46. The summed E-state index contributed by atoms with van der Waals surface area (Å²) in [6.45, 7) is 0.437. The fourth-order valence-electron chi connectivity index (χ4n) is 2.90. The molecule has 0 saturated carbocycles. The van der Waals surface area contributed by atoms with Crippen LogP contribution in [0.3, 0.4) is 0 Å². The van der Waals surface area contributed by atoms with Crippen LogP contribution in [0.4, 0.5) is 0 Å². The molecule has 0 unspecified atom stereocenters. The molecule has 0 aliphatic rings. The van der Waals surface area contributed by atoms with E-state index in [1.165, 1.54) is 0 Å². The number of methoxy groups -OCH3 is 1. The van der Waals surface area contributed by atoms with Crippen LogP contribution in [0.25, 0.3) is 22.1 Å². The van der Waals surface area contributed by atoms with Crippen LogP contribution in [-0.2, 0) is 6.61 Å². The zero-order chi connectivity index (χ0) is 19.5. The average molecular weight is 437 g/mol. The van der Waals surface area contributed by atoms with Crippen molar-refractivity contribution in [2.75, 3.05) is 7.11 Å². The van der Waals surface area contributed by atoms with Gasteiger partial charge in [0, 0.05) is 15.9 Å². The van der Waals surface area contributed by atoms with Gasteiger partial charge in [0.25, 0.3) is 0 Å². The first-order valence-electron chi connectivity index (χ1n) is 8.72. The monoisotopic (exact) mass is 436 g/mol. The molecule has 0 N–H and O–H groups in total. The third-order valence-corrected chi connectivity index (χ3v) is 4.96. The van der Waals surface area contributed by atoms with Gasteiger partial charge in [0.05, 0.1) is 12.7 Å². The highest BCUT2D eigenvalue weighted by Gasteiger charge is 2.09. The Morgan fingerprint density at radius 3 is 2.32 bits per heavy atom. The molecule has 28 heavy (non-hydrogen) atoms. The van der Waals surface area contributed by atoms with E-state index in [0.717, 1.165) is 26.7 Å². The Morgan fingerprint density at radius 1 is 0.893 bits per heavy atom. The minimum absolute atomic E-state index is 0.386. The van der Waals surface area contributed by atoms with E-state index in [2.05, 4.69) is 15.9 Å². The molecule has 5 heteroatoms. The van der Waals surface area contributed by atoms with Gasteiger partial charge in [0.15, 0.2) is 0 Å². The maximum absolute atomic E-state index is 12.5. The van der Waals surface area contributed by atoms with Crippen molar-refractivity contribution in [1.82, 2.24) is 0 Å². The number of benzene rings is 3. The number of ether oxygens (including phenoxy) is 2. The molecule has 1 heterocycles. The first-order chi connectivity index (χ1) is 13.6. The van der Waals surface area contributed by atoms with Crippen molar-refractivity contribution in [1.29, 1.82) is 0 Å². The van der Waals surface area contributed by atoms with E-state index in [1.807, 2.05) is 66.7 Å². The molecule has 0 bridgehead atoms. The first kappa shape index (κ1) is 18.3. The van der Waals surface area contributed by atoms with Crippen LogP contribution in [0.1, 0.15) is 5.56 Å². The number of rotatable bonds is 5. The normalized spacial score (nSPS) is 10.8. The lowest BCUT2D eigenvalue weighted by molar-refractivity contribution is 0.306. The highest BCUT2D eigenvalue weighted by atomic mass is 79.9. The molecular formula is C23H17BrO4. The highest BCUT2D eigenvalue weighted by molar-refractivity contribution is 9.10. The summed E-state index contributed by atoms with van der Waals surface area (Å²) < 4.78 is 17.6. The zero-order valence-electron chi connectivity index (χ0n) is 15.1. The van der Waals surface area contributed by atoms with Gasteiger partial charge >= 0.3 is 5.63 Å². The molecule has 0 fully saturated rings. The number of hydrogen-bond acceptors (Lipinski definition) is 4. The summed E-state index contributed by atoms with van der Waals surface area (Å²) in [7, 11) is 1.61. The van der Waals surface area contributed by atoms with Gasteiger partial charge in [-0.05, 0) is 53.6 Å². The van der Waals surface area contributed by atoms with Crippen LogP contribution >= 0.6 is 15.9 Å². The summed E-state index contributed by atoms with van der Waals surface area (Å²) in [5.74, 6) is 1.39. The van der Waals surface area contributed by atoms with E-state index >= 15 is 0 Å². The highest BCUT2D eigenvalue weighted by Crippen LogP contribution is 2.26. The average Bonchev–Trinajstić information content (AvgIpc) is 2.73. The number of fused-ring (bicyclic) bond motifs is 1. The SMILES string of the molecule is COc1ccc(-c2cc3ccc(OCc4ccc(Br)cc4)cc3oc2=O)cc1. The first-order valence-corrected chi connectivity index (χ1v) is 9.51. The maximum atomic E-state index is 12.5. The molecule has 0 spiro atoms. The number of halogens is 1. The molecule has 4 nitrogen and oxygen atoms in total. The standard InChI is InChI=1S/C23H17BrO4/c1-26-19-9-4-16(5-10-19)21-12-17-6-11-20(13-22(17)28-23(21)25)27-14-15-2-7-18(24)8-3-15/h2-13H,14H2,1H3. The predicted octanol–water partition coefficient (Wildman–Crippen LogP) is 5.81. The van der Waals surface area contributed by atoms with Crippen LogP contribution in [0.2, 0.25) is 0 Å². The molecule has 1 aromatic heterocycles. The van der Waals surface area contributed by atoms with E-state index in [1.54, 1.807) is 13.2 Å². The molecular weight excluding hydrogens is 420 g/mol. The van der Waals surface area contributed by atoms with Crippen molar-refractivity contribution in [3.63, 3.8) is 0 Å². The Kier molecular flexibility index (Phi) is 5.17. The van der Waals surface area contributed by atoms with Gasteiger partial charge in [-0.25, -0.2) is 4.79 Å². The molecule has 0 aliphatic carbocycles. The van der Waals surface area contributed by atoms with Gasteiger partial charge in [0.2, 0.25) is 0 Å². The van der Waals surface area contributed by atoms with Crippen LogP contribution in [0.15, 0.2) is 86.5 Å². The van der Waals surface area contributed by atoms with E-state index in [0.29, 0.717) is 23.5 Å². The van der Waals surface area contributed by atoms with Crippen molar-refractivity contribution in [2.45, 2.75) is 6.61 Å². The molecule has 3 aromatic carbocycles. The summed E-state index contributed by atoms with van der Waals surface area (Å²) in [6, 6.07) is 22.6. The van der Waals surface area contributed by atoms with Crippen LogP contribution in [0.5, 0.6) is 11.5 Å². The second-order valence-electron chi connectivity index (χ2n) is 6.29. The van der Waals surface area contributed by atoms with Crippen LogP contribution in [0, 0.1) is 0 Å². The molecule has 0 radical (unpaired) electrons. The summed E-state index contributed by atoms with van der Waals surface area (Å²) in [4.78, 5) is 12.5. The van der Waals surface area contributed by atoms with Crippen molar-refractivity contribution < 1.29 is 13.9 Å². The van der Waals surface area contributed by atoms with Gasteiger partial charge in [-0.15, -0.1) is 0 Å². The third-order valence-electron chi connectivity index (χ3n) is 4.43. The lowest BCUT2D eigenvalue weighted by atomic mass is 10.1. The lowest BCUT2D eigenvalue weighted by Crippen LogP contribution is -2.03. The van der Waals surface area contributed by atoms with Gasteiger partial charge < -0.3 is 13.9 Å². The van der Waals surface area contributed by atoms with E-state index < -0.39 is 0 Å². The molecule has 0 aliphatic heterocycles. The van der Waals surface area contributed by atoms with Crippen LogP contribution < -0.4 is 15.1 Å². The fourth-order valence-corrected chi connectivity index (χ4v) is 3.16. The zero-order valence-corrected chi connectivity index (χ0v) is 16.7. The Morgan fingerprint density at radius 2 is 1.61 bits per heavy atom. The van der Waals surface area contributed by atoms with Crippen molar-refractivity contribution in [3.05, 3.63) is 93.3 Å². The minimum Gasteiger partial charge on any atom is -0.497 e. The second kappa shape index (κ2) is 7.90. The Bertz CT molecular complexity index is 1160. The molecule has 4 aromatic rings. The molecule has 0 saturated heterocycles. The quantitative estimate of drug-likeness (QED) is 0.370. The van der Waals surface area contributed by atoms with Crippen molar-refractivity contribution >= 4 is 26.9 Å².